The Bertz CT molecular complexity index is 647. The van der Waals surface area contributed by atoms with E-state index in [2.05, 4.69) is 0 Å². The van der Waals surface area contributed by atoms with Gasteiger partial charge in [0.2, 0.25) is 0 Å². The molecule has 2 rings (SSSR count). The Morgan fingerprint density at radius 1 is 1.00 bits per heavy atom. The molecule has 0 bridgehead atoms. The standard InChI is InChI=1S/C18H18O4/c1-20-16-10-8-15(12-17(16)21-2)13-22-18(19)11-9-14-6-4-3-5-7-14/h3-12H,13H2,1-2H3. The minimum absolute atomic E-state index is 0.179. The maximum Gasteiger partial charge on any atom is 0.331 e. The summed E-state index contributed by atoms with van der Waals surface area (Å²) in [5, 5.41) is 0. The van der Waals surface area contributed by atoms with E-state index in [0.29, 0.717) is 11.5 Å². The van der Waals surface area contributed by atoms with Gasteiger partial charge in [-0.3, -0.25) is 0 Å². The van der Waals surface area contributed by atoms with Crippen molar-refractivity contribution in [3.05, 3.63) is 65.7 Å². The highest BCUT2D eigenvalue weighted by Crippen LogP contribution is 2.27. The van der Waals surface area contributed by atoms with Crippen molar-refractivity contribution in [2.75, 3.05) is 14.2 Å². The molecule has 4 nitrogen and oxygen atoms in total. The van der Waals surface area contributed by atoms with Crippen LogP contribution >= 0.6 is 0 Å². The maximum atomic E-state index is 11.7. The largest absolute Gasteiger partial charge is 0.493 e. The van der Waals surface area contributed by atoms with E-state index in [9.17, 15) is 4.79 Å². The zero-order valence-electron chi connectivity index (χ0n) is 12.6. The second-order valence-corrected chi connectivity index (χ2v) is 4.54. The number of carbonyl (C=O) groups is 1. The van der Waals surface area contributed by atoms with Crippen molar-refractivity contribution in [1.29, 1.82) is 0 Å². The highest BCUT2D eigenvalue weighted by molar-refractivity contribution is 5.87. The van der Waals surface area contributed by atoms with Crippen LogP contribution in [0.5, 0.6) is 11.5 Å². The Kier molecular flexibility index (Phi) is 5.60. The summed E-state index contributed by atoms with van der Waals surface area (Å²) in [5.74, 6) is 0.857. The molecule has 0 aromatic heterocycles. The number of ether oxygens (including phenoxy) is 3. The van der Waals surface area contributed by atoms with E-state index in [1.165, 1.54) is 6.08 Å². The Hall–Kier alpha value is -2.75. The first-order chi connectivity index (χ1) is 10.7. The normalized spacial score (nSPS) is 10.5. The van der Waals surface area contributed by atoms with Crippen LogP contribution in [-0.4, -0.2) is 20.2 Å². The van der Waals surface area contributed by atoms with Crippen LogP contribution in [0.2, 0.25) is 0 Å². The molecule has 0 atom stereocenters. The van der Waals surface area contributed by atoms with Crippen molar-refractivity contribution in [1.82, 2.24) is 0 Å². The highest BCUT2D eigenvalue weighted by atomic mass is 16.5. The first kappa shape index (κ1) is 15.6. The smallest absolute Gasteiger partial charge is 0.331 e. The molecule has 0 fully saturated rings. The second kappa shape index (κ2) is 7.88. The molecule has 0 aliphatic carbocycles. The minimum Gasteiger partial charge on any atom is -0.493 e. The summed E-state index contributed by atoms with van der Waals surface area (Å²) in [4.78, 5) is 11.7. The van der Waals surface area contributed by atoms with Crippen molar-refractivity contribution in [2.45, 2.75) is 6.61 Å². The van der Waals surface area contributed by atoms with Gasteiger partial charge in [0.1, 0.15) is 6.61 Å². The molecule has 2 aromatic carbocycles. The molecule has 0 unspecified atom stereocenters. The monoisotopic (exact) mass is 298 g/mol. The van der Waals surface area contributed by atoms with Gasteiger partial charge in [0, 0.05) is 6.08 Å². The molecule has 114 valence electrons. The number of carbonyl (C=O) groups excluding carboxylic acids is 1. The number of hydrogen-bond donors (Lipinski definition) is 0. The average molecular weight is 298 g/mol. The Balaban J connectivity index is 1.92. The molecule has 0 aliphatic heterocycles. The zero-order valence-corrected chi connectivity index (χ0v) is 12.6. The van der Waals surface area contributed by atoms with Crippen LogP contribution in [0.25, 0.3) is 6.08 Å². The lowest BCUT2D eigenvalue weighted by Gasteiger charge is -2.09. The summed E-state index contributed by atoms with van der Waals surface area (Å²) in [6, 6.07) is 15.0. The Labute approximate surface area is 129 Å². The van der Waals surface area contributed by atoms with Gasteiger partial charge in [0.15, 0.2) is 11.5 Å². The van der Waals surface area contributed by atoms with Gasteiger partial charge in [-0.25, -0.2) is 4.79 Å². The molecule has 0 saturated carbocycles. The van der Waals surface area contributed by atoms with Gasteiger partial charge >= 0.3 is 5.97 Å². The summed E-state index contributed by atoms with van der Waals surface area (Å²) >= 11 is 0. The van der Waals surface area contributed by atoms with Gasteiger partial charge in [-0.15, -0.1) is 0 Å². The first-order valence-electron chi connectivity index (χ1n) is 6.83. The van der Waals surface area contributed by atoms with Crippen molar-refractivity contribution in [3.63, 3.8) is 0 Å². The molecule has 0 aliphatic rings. The third-order valence-electron chi connectivity index (χ3n) is 3.04. The van der Waals surface area contributed by atoms with E-state index >= 15 is 0 Å². The highest BCUT2D eigenvalue weighted by Gasteiger charge is 2.06. The summed E-state index contributed by atoms with van der Waals surface area (Å²) < 4.78 is 15.6. The first-order valence-corrected chi connectivity index (χ1v) is 6.83. The molecular formula is C18H18O4. The van der Waals surface area contributed by atoms with Crippen molar-refractivity contribution in [2.24, 2.45) is 0 Å². The number of benzene rings is 2. The predicted octanol–water partition coefficient (Wildman–Crippen LogP) is 3.46. The van der Waals surface area contributed by atoms with Crippen LogP contribution in [0.1, 0.15) is 11.1 Å². The summed E-state index contributed by atoms with van der Waals surface area (Å²) in [6.45, 7) is 0.179. The van der Waals surface area contributed by atoms with Crippen LogP contribution in [0.3, 0.4) is 0 Å². The van der Waals surface area contributed by atoms with E-state index in [4.69, 9.17) is 14.2 Å². The van der Waals surface area contributed by atoms with Crippen LogP contribution in [0, 0.1) is 0 Å². The lowest BCUT2D eigenvalue weighted by atomic mass is 10.2. The molecule has 0 radical (unpaired) electrons. The SMILES string of the molecule is COc1ccc(COC(=O)C=Cc2ccccc2)cc1OC. The van der Waals surface area contributed by atoms with Gasteiger partial charge in [-0.05, 0) is 29.3 Å². The van der Waals surface area contributed by atoms with Crippen LogP contribution in [0.4, 0.5) is 0 Å². The number of rotatable bonds is 6. The van der Waals surface area contributed by atoms with E-state index in [1.807, 2.05) is 36.4 Å². The molecule has 22 heavy (non-hydrogen) atoms. The quantitative estimate of drug-likeness (QED) is 0.605. The summed E-state index contributed by atoms with van der Waals surface area (Å²) in [5.41, 5.74) is 1.78. The number of methoxy groups -OCH3 is 2. The summed E-state index contributed by atoms with van der Waals surface area (Å²) in [7, 11) is 3.14. The van der Waals surface area contributed by atoms with Crippen molar-refractivity contribution < 1.29 is 19.0 Å². The van der Waals surface area contributed by atoms with Gasteiger partial charge in [-0.1, -0.05) is 36.4 Å². The van der Waals surface area contributed by atoms with E-state index in [0.717, 1.165) is 11.1 Å². The Morgan fingerprint density at radius 3 is 2.41 bits per heavy atom. The number of esters is 1. The van der Waals surface area contributed by atoms with E-state index in [1.54, 1.807) is 32.4 Å². The second-order valence-electron chi connectivity index (χ2n) is 4.54. The molecule has 0 heterocycles. The predicted molar refractivity (Wildman–Crippen MR) is 84.8 cm³/mol. The lowest BCUT2D eigenvalue weighted by molar-refractivity contribution is -0.138. The molecular weight excluding hydrogens is 280 g/mol. The van der Waals surface area contributed by atoms with Crippen molar-refractivity contribution >= 4 is 12.0 Å². The number of hydrogen-bond acceptors (Lipinski definition) is 4. The molecule has 0 saturated heterocycles. The lowest BCUT2D eigenvalue weighted by Crippen LogP contribution is -2.01. The van der Waals surface area contributed by atoms with Gasteiger partial charge in [0.25, 0.3) is 0 Å². The van der Waals surface area contributed by atoms with Gasteiger partial charge in [-0.2, -0.15) is 0 Å². The fraction of sp³-hybridized carbons (Fsp3) is 0.167. The van der Waals surface area contributed by atoms with Crippen molar-refractivity contribution in [3.8, 4) is 11.5 Å². The fourth-order valence-corrected chi connectivity index (χ4v) is 1.90. The van der Waals surface area contributed by atoms with Crippen LogP contribution in [-0.2, 0) is 16.1 Å². The maximum absolute atomic E-state index is 11.7. The molecule has 0 amide bonds. The molecule has 4 heteroatoms. The van der Waals surface area contributed by atoms with E-state index < -0.39 is 5.97 Å². The van der Waals surface area contributed by atoms with E-state index in [-0.39, 0.29) is 6.61 Å². The van der Waals surface area contributed by atoms with Gasteiger partial charge < -0.3 is 14.2 Å². The average Bonchev–Trinajstić information content (AvgIpc) is 2.58. The third-order valence-corrected chi connectivity index (χ3v) is 3.04. The van der Waals surface area contributed by atoms with Gasteiger partial charge in [0.05, 0.1) is 14.2 Å². The third kappa shape index (κ3) is 4.38. The van der Waals surface area contributed by atoms with Crippen LogP contribution < -0.4 is 9.47 Å². The molecule has 0 N–H and O–H groups in total. The molecule has 2 aromatic rings. The molecule has 0 spiro atoms. The minimum atomic E-state index is -0.390. The fourth-order valence-electron chi connectivity index (χ4n) is 1.90. The topological polar surface area (TPSA) is 44.8 Å². The Morgan fingerprint density at radius 2 is 1.73 bits per heavy atom. The summed E-state index contributed by atoms with van der Waals surface area (Å²) in [6.07, 6.45) is 3.13. The zero-order chi connectivity index (χ0) is 15.8. The van der Waals surface area contributed by atoms with Crippen LogP contribution in [0.15, 0.2) is 54.6 Å².